The van der Waals surface area contributed by atoms with Gasteiger partial charge in [-0.25, -0.2) is 9.59 Å². The summed E-state index contributed by atoms with van der Waals surface area (Å²) in [6.07, 6.45) is 0. The van der Waals surface area contributed by atoms with E-state index in [2.05, 4.69) is 4.98 Å². The Labute approximate surface area is 116 Å². The highest BCUT2D eigenvalue weighted by atomic mass is 16.6. The van der Waals surface area contributed by atoms with Gasteiger partial charge in [0, 0.05) is 10.9 Å². The van der Waals surface area contributed by atoms with Gasteiger partial charge in [0.05, 0.1) is 0 Å². The Bertz CT molecular complexity index is 604. The summed E-state index contributed by atoms with van der Waals surface area (Å²) in [4.78, 5) is 26.2. The molecule has 0 aliphatic rings. The third-order valence-corrected chi connectivity index (χ3v) is 2.49. The molecule has 20 heavy (non-hydrogen) atoms. The molecule has 0 unspecified atom stereocenters. The zero-order valence-corrected chi connectivity index (χ0v) is 11.7. The van der Waals surface area contributed by atoms with Gasteiger partial charge in [-0.2, -0.15) is 0 Å². The van der Waals surface area contributed by atoms with E-state index < -0.39 is 24.1 Å². The Morgan fingerprint density at radius 2 is 1.90 bits per heavy atom. The quantitative estimate of drug-likeness (QED) is 0.874. The Kier molecular flexibility index (Phi) is 3.79. The molecule has 0 fully saturated rings. The van der Waals surface area contributed by atoms with E-state index in [-0.39, 0.29) is 0 Å². The molecule has 0 saturated carbocycles. The standard InChI is InChI=1S/C15H17NO4/c1-15(2,3)20-13(17)9-19-14(18)12-8-10-6-4-5-7-11(10)16-12/h4-8,16H,9H2,1-3H3. The highest BCUT2D eigenvalue weighted by Crippen LogP contribution is 2.15. The lowest BCUT2D eigenvalue weighted by Crippen LogP contribution is -2.27. The van der Waals surface area contributed by atoms with E-state index in [0.717, 1.165) is 10.9 Å². The minimum absolute atomic E-state index is 0.315. The topological polar surface area (TPSA) is 68.4 Å². The molecule has 2 rings (SSSR count). The van der Waals surface area contributed by atoms with Crippen LogP contribution >= 0.6 is 0 Å². The number of H-pyrrole nitrogens is 1. The van der Waals surface area contributed by atoms with E-state index in [0.29, 0.717) is 5.69 Å². The third kappa shape index (κ3) is 3.60. The smallest absolute Gasteiger partial charge is 0.355 e. The fourth-order valence-electron chi connectivity index (χ4n) is 1.76. The molecule has 5 heteroatoms. The summed E-state index contributed by atoms with van der Waals surface area (Å²) in [5.41, 5.74) is 0.566. The molecule has 0 spiro atoms. The van der Waals surface area contributed by atoms with Crippen molar-refractivity contribution in [2.45, 2.75) is 26.4 Å². The minimum Gasteiger partial charge on any atom is -0.457 e. The van der Waals surface area contributed by atoms with Crippen molar-refractivity contribution in [3.05, 3.63) is 36.0 Å². The van der Waals surface area contributed by atoms with Crippen LogP contribution in [0.15, 0.2) is 30.3 Å². The number of aromatic nitrogens is 1. The second kappa shape index (κ2) is 5.36. The van der Waals surface area contributed by atoms with E-state index in [4.69, 9.17) is 9.47 Å². The van der Waals surface area contributed by atoms with E-state index in [1.807, 2.05) is 24.3 Å². The molecule has 2 aromatic rings. The van der Waals surface area contributed by atoms with E-state index in [1.165, 1.54) is 0 Å². The first-order valence-electron chi connectivity index (χ1n) is 6.32. The molecule has 0 bridgehead atoms. The van der Waals surface area contributed by atoms with Crippen LogP contribution in [-0.2, 0) is 14.3 Å². The van der Waals surface area contributed by atoms with Gasteiger partial charge in [-0.1, -0.05) is 18.2 Å². The molecular weight excluding hydrogens is 258 g/mol. The zero-order chi connectivity index (χ0) is 14.8. The first-order chi connectivity index (χ1) is 9.35. The molecule has 0 aliphatic carbocycles. The van der Waals surface area contributed by atoms with Crippen LogP contribution in [0, 0.1) is 0 Å². The van der Waals surface area contributed by atoms with Gasteiger partial charge in [0.2, 0.25) is 0 Å². The van der Waals surface area contributed by atoms with Crippen LogP contribution < -0.4 is 0 Å². The molecule has 0 radical (unpaired) electrons. The Morgan fingerprint density at radius 3 is 2.55 bits per heavy atom. The highest BCUT2D eigenvalue weighted by Gasteiger charge is 2.18. The molecule has 0 atom stereocenters. The van der Waals surface area contributed by atoms with Crippen molar-refractivity contribution in [2.24, 2.45) is 0 Å². The van der Waals surface area contributed by atoms with Crippen molar-refractivity contribution in [1.82, 2.24) is 4.98 Å². The van der Waals surface area contributed by atoms with Crippen LogP contribution in [0.5, 0.6) is 0 Å². The van der Waals surface area contributed by atoms with Crippen LogP contribution in [0.25, 0.3) is 10.9 Å². The molecule has 1 heterocycles. The van der Waals surface area contributed by atoms with Gasteiger partial charge in [-0.15, -0.1) is 0 Å². The van der Waals surface area contributed by atoms with E-state index in [9.17, 15) is 9.59 Å². The first kappa shape index (κ1) is 14.1. The Balaban J connectivity index is 1.97. The predicted octanol–water partition coefficient (Wildman–Crippen LogP) is 2.67. The maximum absolute atomic E-state index is 11.8. The number of hydrogen-bond acceptors (Lipinski definition) is 4. The number of fused-ring (bicyclic) bond motifs is 1. The number of benzene rings is 1. The number of rotatable bonds is 3. The minimum atomic E-state index is -0.593. The first-order valence-corrected chi connectivity index (χ1v) is 6.32. The van der Waals surface area contributed by atoms with Gasteiger partial charge in [0.25, 0.3) is 0 Å². The summed E-state index contributed by atoms with van der Waals surface area (Å²) in [5.74, 6) is -1.14. The number of esters is 2. The molecule has 1 N–H and O–H groups in total. The average molecular weight is 275 g/mol. The summed E-state index contributed by atoms with van der Waals surface area (Å²) in [7, 11) is 0. The van der Waals surface area contributed by atoms with Gasteiger partial charge in [0.1, 0.15) is 11.3 Å². The summed E-state index contributed by atoms with van der Waals surface area (Å²) >= 11 is 0. The lowest BCUT2D eigenvalue weighted by atomic mass is 10.2. The summed E-state index contributed by atoms with van der Waals surface area (Å²) in [5, 5.41) is 0.914. The van der Waals surface area contributed by atoms with Gasteiger partial charge in [-0.05, 0) is 32.9 Å². The third-order valence-electron chi connectivity index (χ3n) is 2.49. The zero-order valence-electron chi connectivity index (χ0n) is 11.7. The van der Waals surface area contributed by atoms with Crippen molar-refractivity contribution in [3.63, 3.8) is 0 Å². The monoisotopic (exact) mass is 275 g/mol. The number of para-hydroxylation sites is 1. The van der Waals surface area contributed by atoms with Crippen molar-refractivity contribution in [3.8, 4) is 0 Å². The molecular formula is C15H17NO4. The van der Waals surface area contributed by atoms with Crippen molar-refractivity contribution >= 4 is 22.8 Å². The second-order valence-corrected chi connectivity index (χ2v) is 5.43. The van der Waals surface area contributed by atoms with Gasteiger partial charge < -0.3 is 14.5 Å². The average Bonchev–Trinajstić information content (AvgIpc) is 2.77. The molecule has 0 aliphatic heterocycles. The number of ether oxygens (including phenoxy) is 2. The summed E-state index contributed by atoms with van der Waals surface area (Å²) in [6, 6.07) is 9.18. The number of hydrogen-bond donors (Lipinski definition) is 1. The fraction of sp³-hybridized carbons (Fsp3) is 0.333. The number of nitrogens with one attached hydrogen (secondary N) is 1. The maximum atomic E-state index is 11.8. The van der Waals surface area contributed by atoms with E-state index in [1.54, 1.807) is 26.8 Å². The molecule has 0 amide bonds. The van der Waals surface area contributed by atoms with Crippen molar-refractivity contribution < 1.29 is 19.1 Å². The normalized spacial score (nSPS) is 11.3. The molecule has 5 nitrogen and oxygen atoms in total. The highest BCUT2D eigenvalue weighted by molar-refractivity contribution is 5.95. The fourth-order valence-corrected chi connectivity index (χ4v) is 1.76. The van der Waals surface area contributed by atoms with Crippen molar-refractivity contribution in [2.75, 3.05) is 6.61 Å². The maximum Gasteiger partial charge on any atom is 0.355 e. The predicted molar refractivity (Wildman–Crippen MR) is 74.4 cm³/mol. The van der Waals surface area contributed by atoms with Crippen LogP contribution in [0.3, 0.4) is 0 Å². The second-order valence-electron chi connectivity index (χ2n) is 5.43. The SMILES string of the molecule is CC(C)(C)OC(=O)COC(=O)c1cc2ccccc2[nH]1. The Hall–Kier alpha value is -2.30. The van der Waals surface area contributed by atoms with Gasteiger partial charge >= 0.3 is 11.9 Å². The van der Waals surface area contributed by atoms with Crippen LogP contribution in [0.2, 0.25) is 0 Å². The molecule has 1 aromatic carbocycles. The summed E-state index contributed by atoms with van der Waals surface area (Å²) < 4.78 is 9.98. The number of carbonyl (C=O) groups is 2. The molecule has 0 saturated heterocycles. The van der Waals surface area contributed by atoms with Gasteiger partial charge in [0.15, 0.2) is 6.61 Å². The van der Waals surface area contributed by atoms with Crippen LogP contribution in [0.1, 0.15) is 31.3 Å². The van der Waals surface area contributed by atoms with Crippen molar-refractivity contribution in [1.29, 1.82) is 0 Å². The van der Waals surface area contributed by atoms with Gasteiger partial charge in [-0.3, -0.25) is 0 Å². The van der Waals surface area contributed by atoms with E-state index >= 15 is 0 Å². The summed E-state index contributed by atoms with van der Waals surface area (Å²) in [6.45, 7) is 4.87. The largest absolute Gasteiger partial charge is 0.457 e. The Morgan fingerprint density at radius 1 is 1.20 bits per heavy atom. The number of aromatic amines is 1. The molecule has 106 valence electrons. The lowest BCUT2D eigenvalue weighted by Gasteiger charge is -2.19. The molecule has 1 aromatic heterocycles. The van der Waals surface area contributed by atoms with Crippen LogP contribution in [0.4, 0.5) is 0 Å². The lowest BCUT2D eigenvalue weighted by molar-refractivity contribution is -0.158. The number of carbonyl (C=O) groups excluding carboxylic acids is 2. The van der Waals surface area contributed by atoms with Crippen LogP contribution in [-0.4, -0.2) is 29.1 Å².